The van der Waals surface area contributed by atoms with Gasteiger partial charge in [-0.3, -0.25) is 9.59 Å². The van der Waals surface area contributed by atoms with Gasteiger partial charge in [-0.2, -0.15) is 4.31 Å². The van der Waals surface area contributed by atoms with E-state index in [9.17, 15) is 18.0 Å². The van der Waals surface area contributed by atoms with Crippen LogP contribution in [0.1, 0.15) is 55.1 Å². The summed E-state index contributed by atoms with van der Waals surface area (Å²) in [5.74, 6) is 0.503. The number of carbonyl (C=O) groups excluding carboxylic acids is 2. The third-order valence-electron chi connectivity index (χ3n) is 6.96. The van der Waals surface area contributed by atoms with E-state index in [4.69, 9.17) is 4.74 Å². The van der Waals surface area contributed by atoms with Crippen LogP contribution in [0.15, 0.2) is 48.5 Å². The van der Waals surface area contributed by atoms with E-state index < -0.39 is 10.0 Å². The molecule has 0 aromatic heterocycles. The number of hydrogen-bond donors (Lipinski definition) is 0. The first-order chi connectivity index (χ1) is 18.0. The summed E-state index contributed by atoms with van der Waals surface area (Å²) in [7, 11) is -1.94. The number of amides is 2. The molecule has 0 N–H and O–H groups in total. The predicted octanol–water partition coefficient (Wildman–Crippen LogP) is 3.94. The van der Waals surface area contributed by atoms with Crippen LogP contribution in [0.2, 0.25) is 0 Å². The lowest BCUT2D eigenvalue weighted by atomic mass is 10.0. The van der Waals surface area contributed by atoms with Crippen LogP contribution in [-0.4, -0.2) is 79.4 Å². The van der Waals surface area contributed by atoms with Crippen LogP contribution in [-0.2, 0) is 21.4 Å². The zero-order valence-corrected chi connectivity index (χ0v) is 24.0. The van der Waals surface area contributed by atoms with Gasteiger partial charge in [0, 0.05) is 37.8 Å². The van der Waals surface area contributed by atoms with Gasteiger partial charge in [0.2, 0.25) is 15.9 Å². The Balaban J connectivity index is 1.76. The lowest BCUT2D eigenvalue weighted by Gasteiger charge is -2.39. The Morgan fingerprint density at radius 1 is 1.03 bits per heavy atom. The minimum Gasteiger partial charge on any atom is -0.497 e. The molecule has 9 heteroatoms. The highest BCUT2D eigenvalue weighted by molar-refractivity contribution is 7.89. The highest BCUT2D eigenvalue weighted by Crippen LogP contribution is 2.23. The molecule has 0 bridgehead atoms. The standard InChI is InChI=1S/C29H41N3O5S/c1-6-38(35,36)31(19-22(2)3)21-28(33)32(20-24-9-7-23(4)8-10-24)26-15-17-30(18-16-26)29(34)25-11-13-27(37-5)14-12-25/h7-14,22,26H,6,15-21H2,1-5H3. The van der Waals surface area contributed by atoms with Crippen LogP contribution in [0.3, 0.4) is 0 Å². The quantitative estimate of drug-likeness (QED) is 0.428. The minimum atomic E-state index is -3.52. The number of ether oxygens (including phenoxy) is 1. The van der Waals surface area contributed by atoms with Gasteiger partial charge in [-0.25, -0.2) is 8.42 Å². The second-order valence-electron chi connectivity index (χ2n) is 10.3. The molecule has 1 aliphatic heterocycles. The van der Waals surface area contributed by atoms with Crippen LogP contribution >= 0.6 is 0 Å². The molecular weight excluding hydrogens is 502 g/mol. The number of benzene rings is 2. The average Bonchev–Trinajstić information content (AvgIpc) is 2.91. The number of rotatable bonds is 11. The van der Waals surface area contributed by atoms with Gasteiger partial charge < -0.3 is 14.5 Å². The number of likely N-dealkylation sites (tertiary alicyclic amines) is 1. The highest BCUT2D eigenvalue weighted by atomic mass is 32.2. The minimum absolute atomic E-state index is 0.0420. The van der Waals surface area contributed by atoms with E-state index in [1.807, 2.05) is 54.8 Å². The molecule has 0 radical (unpaired) electrons. The topological polar surface area (TPSA) is 87.2 Å². The van der Waals surface area contributed by atoms with Gasteiger partial charge in [-0.15, -0.1) is 0 Å². The van der Waals surface area contributed by atoms with Crippen molar-refractivity contribution >= 4 is 21.8 Å². The van der Waals surface area contributed by atoms with Crippen LogP contribution < -0.4 is 4.74 Å². The summed E-state index contributed by atoms with van der Waals surface area (Å²) in [6.45, 7) is 9.09. The van der Waals surface area contributed by atoms with Crippen molar-refractivity contribution in [1.82, 2.24) is 14.1 Å². The molecule has 1 saturated heterocycles. The molecule has 2 aromatic carbocycles. The fourth-order valence-corrected chi connectivity index (χ4v) is 5.91. The van der Waals surface area contributed by atoms with Gasteiger partial charge in [0.1, 0.15) is 5.75 Å². The van der Waals surface area contributed by atoms with Gasteiger partial charge in [0.25, 0.3) is 5.91 Å². The molecule has 1 aliphatic rings. The van der Waals surface area contributed by atoms with Gasteiger partial charge in [-0.05, 0) is 62.4 Å². The van der Waals surface area contributed by atoms with Crippen molar-refractivity contribution in [2.75, 3.05) is 39.0 Å². The summed E-state index contributed by atoms with van der Waals surface area (Å²) >= 11 is 0. The zero-order valence-electron chi connectivity index (χ0n) is 23.2. The Kier molecular flexibility index (Phi) is 10.3. The lowest BCUT2D eigenvalue weighted by molar-refractivity contribution is -0.135. The fourth-order valence-electron chi connectivity index (χ4n) is 4.72. The second-order valence-corrected chi connectivity index (χ2v) is 12.6. The number of piperidine rings is 1. The summed E-state index contributed by atoms with van der Waals surface area (Å²) in [5, 5.41) is 0. The molecule has 8 nitrogen and oxygen atoms in total. The van der Waals surface area contributed by atoms with Gasteiger partial charge in [0.15, 0.2) is 0 Å². The Bertz CT molecular complexity index is 1170. The third kappa shape index (κ3) is 7.80. The molecule has 1 heterocycles. The normalized spacial score (nSPS) is 14.7. The van der Waals surface area contributed by atoms with Crippen LogP contribution in [0, 0.1) is 12.8 Å². The largest absolute Gasteiger partial charge is 0.497 e. The van der Waals surface area contributed by atoms with Crippen molar-refractivity contribution < 1.29 is 22.7 Å². The molecule has 208 valence electrons. The molecule has 0 aliphatic carbocycles. The molecule has 2 aromatic rings. The van der Waals surface area contributed by atoms with Crippen LogP contribution in [0.25, 0.3) is 0 Å². The smallest absolute Gasteiger partial charge is 0.253 e. The number of sulfonamides is 1. The molecule has 0 spiro atoms. The molecule has 0 unspecified atom stereocenters. The van der Waals surface area contributed by atoms with E-state index in [1.54, 1.807) is 38.3 Å². The number of aryl methyl sites for hydroxylation is 1. The van der Waals surface area contributed by atoms with Gasteiger partial charge in [-0.1, -0.05) is 43.7 Å². The van der Waals surface area contributed by atoms with Crippen molar-refractivity contribution in [3.05, 3.63) is 65.2 Å². The van der Waals surface area contributed by atoms with Crippen molar-refractivity contribution in [2.45, 2.75) is 53.1 Å². The molecule has 0 saturated carbocycles. The molecule has 2 amide bonds. The van der Waals surface area contributed by atoms with Crippen molar-refractivity contribution in [2.24, 2.45) is 5.92 Å². The Morgan fingerprint density at radius 3 is 2.16 bits per heavy atom. The van der Waals surface area contributed by atoms with E-state index in [-0.39, 0.29) is 36.1 Å². The first-order valence-electron chi connectivity index (χ1n) is 13.3. The summed E-state index contributed by atoms with van der Waals surface area (Å²) in [6, 6.07) is 15.0. The van der Waals surface area contributed by atoms with E-state index in [0.717, 1.165) is 11.1 Å². The molecule has 0 atom stereocenters. The van der Waals surface area contributed by atoms with E-state index in [2.05, 4.69) is 0 Å². The highest BCUT2D eigenvalue weighted by Gasteiger charge is 2.33. The zero-order chi connectivity index (χ0) is 27.9. The number of hydrogen-bond acceptors (Lipinski definition) is 5. The second kappa shape index (κ2) is 13.2. The lowest BCUT2D eigenvalue weighted by Crippen LogP contribution is -2.51. The maximum atomic E-state index is 13.7. The van der Waals surface area contributed by atoms with Crippen molar-refractivity contribution in [3.63, 3.8) is 0 Å². The molecular formula is C29H41N3O5S. The van der Waals surface area contributed by atoms with Gasteiger partial charge >= 0.3 is 0 Å². The monoisotopic (exact) mass is 543 g/mol. The van der Waals surface area contributed by atoms with E-state index in [0.29, 0.717) is 50.3 Å². The SMILES string of the molecule is CCS(=O)(=O)N(CC(=O)N(Cc1ccc(C)cc1)C1CCN(C(=O)c2ccc(OC)cc2)CC1)CC(C)C. The molecule has 3 rings (SSSR count). The van der Waals surface area contributed by atoms with Gasteiger partial charge in [0.05, 0.1) is 19.4 Å². The Labute approximate surface area is 227 Å². The van der Waals surface area contributed by atoms with Crippen molar-refractivity contribution in [3.8, 4) is 5.75 Å². The van der Waals surface area contributed by atoms with E-state index >= 15 is 0 Å². The van der Waals surface area contributed by atoms with Crippen LogP contribution in [0.5, 0.6) is 5.75 Å². The number of carbonyl (C=O) groups is 2. The molecule has 38 heavy (non-hydrogen) atoms. The maximum absolute atomic E-state index is 13.7. The fraction of sp³-hybridized carbons (Fsp3) is 0.517. The first-order valence-corrected chi connectivity index (χ1v) is 14.9. The third-order valence-corrected chi connectivity index (χ3v) is 8.76. The maximum Gasteiger partial charge on any atom is 0.253 e. The Morgan fingerprint density at radius 2 is 1.63 bits per heavy atom. The summed E-state index contributed by atoms with van der Waals surface area (Å²) < 4.78 is 32.0. The number of methoxy groups -OCH3 is 1. The number of nitrogens with zero attached hydrogens (tertiary/aromatic N) is 3. The summed E-state index contributed by atoms with van der Waals surface area (Å²) in [6.07, 6.45) is 1.26. The van der Waals surface area contributed by atoms with Crippen LogP contribution in [0.4, 0.5) is 0 Å². The molecule has 1 fully saturated rings. The first kappa shape index (κ1) is 29.6. The average molecular weight is 544 g/mol. The van der Waals surface area contributed by atoms with Crippen molar-refractivity contribution in [1.29, 1.82) is 0 Å². The predicted molar refractivity (Wildman–Crippen MR) is 150 cm³/mol. The summed E-state index contributed by atoms with van der Waals surface area (Å²) in [5.41, 5.74) is 2.73. The Hall–Kier alpha value is -2.91. The van der Waals surface area contributed by atoms with E-state index in [1.165, 1.54) is 4.31 Å². The summed E-state index contributed by atoms with van der Waals surface area (Å²) in [4.78, 5) is 30.4.